The quantitative estimate of drug-likeness (QED) is 0.544. The fourth-order valence-corrected chi connectivity index (χ4v) is 6.16. The molecule has 22 heavy (non-hydrogen) atoms. The summed E-state index contributed by atoms with van der Waals surface area (Å²) in [5.74, 6) is 0. The highest BCUT2D eigenvalue weighted by atomic mass is 35.7. The molecule has 3 rings (SSSR count). The summed E-state index contributed by atoms with van der Waals surface area (Å²) >= 11 is 1.21. The van der Waals surface area contributed by atoms with Gasteiger partial charge in [-0.2, -0.15) is 18.4 Å². The van der Waals surface area contributed by atoms with Crippen molar-refractivity contribution in [3.63, 3.8) is 0 Å². The molecule has 120 valence electrons. The summed E-state index contributed by atoms with van der Waals surface area (Å²) in [6.45, 7) is 1.67. The normalized spacial score (nSPS) is 23.7. The van der Waals surface area contributed by atoms with Gasteiger partial charge in [0.1, 0.15) is 13.1 Å². The van der Waals surface area contributed by atoms with Gasteiger partial charge in [0.25, 0.3) is 0 Å². The van der Waals surface area contributed by atoms with Crippen molar-refractivity contribution in [2.75, 3.05) is 13.1 Å². The molecule has 0 N–H and O–H groups in total. The predicted octanol–water partition coefficient (Wildman–Crippen LogP) is -0.234. The van der Waals surface area contributed by atoms with E-state index in [1.807, 2.05) is 30.3 Å². The Balaban J connectivity index is 1.94. The fraction of sp³-hybridized carbons (Fsp3) is 0.385. The summed E-state index contributed by atoms with van der Waals surface area (Å²) in [6, 6.07) is 9.20. The first-order valence-electron chi connectivity index (χ1n) is 6.82. The highest BCUT2D eigenvalue weighted by Crippen LogP contribution is 2.40. The first-order chi connectivity index (χ1) is 10.5. The molecule has 1 aromatic carbocycles. The summed E-state index contributed by atoms with van der Waals surface area (Å²) < 4.78 is 43.2. The molecular formula is C13H15ClN2O4S2. The van der Waals surface area contributed by atoms with E-state index in [1.54, 1.807) is 0 Å². The monoisotopic (exact) mass is 362 g/mol. The van der Waals surface area contributed by atoms with Crippen molar-refractivity contribution in [1.29, 1.82) is 0 Å². The van der Waals surface area contributed by atoms with Gasteiger partial charge >= 0.3 is 0 Å². The smallest absolute Gasteiger partial charge is 0.186 e. The number of hydrogen-bond donors (Lipinski definition) is 0. The van der Waals surface area contributed by atoms with Crippen LogP contribution in [-0.4, -0.2) is 27.4 Å². The Morgan fingerprint density at radius 3 is 2.41 bits per heavy atom. The van der Waals surface area contributed by atoms with Crippen molar-refractivity contribution in [2.45, 2.75) is 19.3 Å². The third-order valence-corrected chi connectivity index (χ3v) is 7.17. The Morgan fingerprint density at radius 2 is 1.77 bits per heavy atom. The lowest BCUT2D eigenvalue weighted by Gasteiger charge is -2.26. The van der Waals surface area contributed by atoms with Gasteiger partial charge < -0.3 is 0 Å². The van der Waals surface area contributed by atoms with Gasteiger partial charge in [0.2, 0.25) is 0 Å². The van der Waals surface area contributed by atoms with Gasteiger partial charge in [-0.05, 0) is 12.8 Å². The maximum absolute atomic E-state index is 11.1. The summed E-state index contributed by atoms with van der Waals surface area (Å²) in [5, 5.41) is 0.498. The van der Waals surface area contributed by atoms with Gasteiger partial charge in [0, 0.05) is 30.6 Å². The van der Waals surface area contributed by atoms with Crippen LogP contribution in [-0.2, 0) is 3.74 Å². The molecule has 1 atom stereocenters. The van der Waals surface area contributed by atoms with E-state index in [0.717, 1.165) is 37.9 Å². The third-order valence-electron chi connectivity index (χ3n) is 3.32. The van der Waals surface area contributed by atoms with E-state index in [0.29, 0.717) is 9.36 Å². The summed E-state index contributed by atoms with van der Waals surface area (Å²) in [4.78, 5) is 2.08. The van der Waals surface area contributed by atoms with E-state index in [9.17, 15) is 14.0 Å². The molecule has 1 aromatic rings. The molecule has 0 amide bonds. The minimum atomic E-state index is -4.51. The molecule has 6 nitrogen and oxygen atoms in total. The lowest BCUT2D eigenvalue weighted by molar-refractivity contribution is -1.91. The molecule has 0 bridgehead atoms. The molecule has 0 aliphatic carbocycles. The Kier molecular flexibility index (Phi) is 5.20. The second kappa shape index (κ2) is 6.98. The second-order valence-electron chi connectivity index (χ2n) is 4.88. The van der Waals surface area contributed by atoms with Gasteiger partial charge in [-0.25, -0.2) is 0 Å². The summed E-state index contributed by atoms with van der Waals surface area (Å²) in [6.07, 6.45) is 3.25. The summed E-state index contributed by atoms with van der Waals surface area (Å²) in [5.41, 5.74) is 0.768. The number of piperidine rings is 1. The van der Waals surface area contributed by atoms with Crippen molar-refractivity contribution in [2.24, 2.45) is 4.40 Å². The van der Waals surface area contributed by atoms with Crippen LogP contribution in [0.4, 0.5) is 0 Å². The van der Waals surface area contributed by atoms with Gasteiger partial charge in [-0.1, -0.05) is 36.8 Å². The Morgan fingerprint density at radius 1 is 1.09 bits per heavy atom. The van der Waals surface area contributed by atoms with Crippen LogP contribution >= 0.6 is 22.7 Å². The SMILES string of the molecule is [O-][Cl+3]([O-])([O-])OS1=C(N2CCCCC2)SN=C1c1ccccc1. The molecule has 2 aliphatic heterocycles. The maximum atomic E-state index is 11.1. The zero-order valence-electron chi connectivity index (χ0n) is 11.6. The third kappa shape index (κ3) is 3.90. The van der Waals surface area contributed by atoms with E-state index >= 15 is 0 Å². The molecule has 2 aliphatic rings. The molecule has 0 aromatic heterocycles. The Bertz CT molecular complexity index is 598. The molecule has 1 unspecified atom stereocenters. The molecule has 0 spiro atoms. The lowest BCUT2D eigenvalue weighted by Crippen LogP contribution is -2.60. The first-order valence-corrected chi connectivity index (χ1v) is 9.98. The van der Waals surface area contributed by atoms with Crippen molar-refractivity contribution in [3.05, 3.63) is 35.9 Å². The summed E-state index contributed by atoms with van der Waals surface area (Å²) in [7, 11) is -5.79. The molecule has 0 radical (unpaired) electrons. The number of hydrogen-bond acceptors (Lipinski definition) is 7. The Hall–Kier alpha value is -0.450. The maximum Gasteiger partial charge on any atom is 0.186 e. The van der Waals surface area contributed by atoms with Gasteiger partial charge in [0.15, 0.2) is 10.8 Å². The lowest BCUT2D eigenvalue weighted by atomic mass is 10.1. The number of rotatable bonds is 3. The van der Waals surface area contributed by atoms with Crippen molar-refractivity contribution < 1.29 is 28.0 Å². The molecule has 1 fully saturated rings. The van der Waals surface area contributed by atoms with Crippen molar-refractivity contribution >= 4 is 32.1 Å². The van der Waals surface area contributed by atoms with E-state index in [2.05, 4.69) is 9.30 Å². The van der Waals surface area contributed by atoms with E-state index < -0.39 is 21.0 Å². The van der Waals surface area contributed by atoms with Crippen LogP contribution in [0.5, 0.6) is 0 Å². The highest BCUT2D eigenvalue weighted by molar-refractivity contribution is 8.41. The first kappa shape index (κ1) is 16.4. The van der Waals surface area contributed by atoms with E-state index in [4.69, 9.17) is 3.74 Å². The van der Waals surface area contributed by atoms with E-state index in [1.165, 1.54) is 11.9 Å². The van der Waals surface area contributed by atoms with Crippen LogP contribution in [0.2, 0.25) is 0 Å². The Labute approximate surface area is 137 Å². The fourth-order valence-electron chi connectivity index (χ4n) is 2.36. The number of likely N-dealkylation sites (tertiary alicyclic amines) is 1. The van der Waals surface area contributed by atoms with E-state index in [-0.39, 0.29) is 0 Å². The molecule has 9 heteroatoms. The number of halogens is 1. The van der Waals surface area contributed by atoms with Crippen molar-refractivity contribution in [1.82, 2.24) is 4.90 Å². The average Bonchev–Trinajstić information content (AvgIpc) is 2.90. The predicted molar refractivity (Wildman–Crippen MR) is 79.7 cm³/mol. The highest BCUT2D eigenvalue weighted by Gasteiger charge is 2.37. The topological polar surface area (TPSA) is 94.0 Å². The van der Waals surface area contributed by atoms with Crippen LogP contribution < -0.4 is 14.0 Å². The standard InChI is InChI=1S/C13H15ClN2O4S2/c17-14(18,19)20-22-12(11-7-3-1-4-8-11)15-21-13(22)16-9-5-2-6-10-16/h1,3-4,7-8H,2,5-6,9-10H2. The number of nitrogens with zero attached hydrogens (tertiary/aromatic N) is 2. The van der Waals surface area contributed by atoms with Crippen LogP contribution in [0.1, 0.15) is 24.8 Å². The largest absolute Gasteiger partial charge is 0.261 e. The van der Waals surface area contributed by atoms with Crippen molar-refractivity contribution in [3.8, 4) is 0 Å². The zero-order chi connectivity index (χ0) is 15.6. The molecule has 1 saturated heterocycles. The minimum absolute atomic E-state index is 0.498. The molecule has 0 saturated carbocycles. The minimum Gasteiger partial charge on any atom is -0.261 e. The number of benzene rings is 1. The molecular weight excluding hydrogens is 348 g/mol. The van der Waals surface area contributed by atoms with Gasteiger partial charge in [0.05, 0.1) is 10.2 Å². The molecule has 2 heterocycles. The van der Waals surface area contributed by atoms with Crippen LogP contribution in [0.15, 0.2) is 34.7 Å². The van der Waals surface area contributed by atoms with Gasteiger partial charge in [-0.15, -0.1) is 0 Å². The second-order valence-corrected chi connectivity index (χ2v) is 8.46. The van der Waals surface area contributed by atoms with Crippen LogP contribution in [0.3, 0.4) is 0 Å². The van der Waals surface area contributed by atoms with Crippen LogP contribution in [0, 0.1) is 10.2 Å². The zero-order valence-corrected chi connectivity index (χ0v) is 14.0. The average molecular weight is 363 g/mol. The van der Waals surface area contributed by atoms with Crippen LogP contribution in [0.25, 0.3) is 0 Å². The van der Waals surface area contributed by atoms with Gasteiger partial charge in [-0.3, -0.25) is 4.90 Å².